The standard InChI is InChI=1S/C24H19ClN4O3S/c25-21-22(15-8-2-1-3-9-15)29(23(21)31)27-24(32)26-14-20(30)28-16-10-4-6-12-18(16)33-19-13-7-5-11-17(19)28/h1-13,21-22H,14H2,(H2,26,27,32). The van der Waals surface area contributed by atoms with Crippen LogP contribution in [0.2, 0.25) is 0 Å². The molecule has 4 amide bonds. The molecule has 2 atom stereocenters. The van der Waals surface area contributed by atoms with Crippen LogP contribution in [0.1, 0.15) is 11.6 Å². The van der Waals surface area contributed by atoms with Gasteiger partial charge >= 0.3 is 6.03 Å². The maximum absolute atomic E-state index is 13.2. The summed E-state index contributed by atoms with van der Waals surface area (Å²) in [6.45, 7) is -0.249. The summed E-state index contributed by atoms with van der Waals surface area (Å²) >= 11 is 7.77. The van der Waals surface area contributed by atoms with Crippen LogP contribution in [-0.4, -0.2) is 34.8 Å². The van der Waals surface area contributed by atoms with Crippen LogP contribution in [0.3, 0.4) is 0 Å². The number of carbonyl (C=O) groups excluding carboxylic acids is 3. The van der Waals surface area contributed by atoms with Gasteiger partial charge in [-0.15, -0.1) is 11.6 Å². The van der Waals surface area contributed by atoms with E-state index in [1.807, 2.05) is 78.9 Å². The predicted octanol–water partition coefficient (Wildman–Crippen LogP) is 4.22. The Hall–Kier alpha value is -3.49. The fraction of sp³-hybridized carbons (Fsp3) is 0.125. The molecule has 2 unspecified atom stereocenters. The van der Waals surface area contributed by atoms with E-state index in [0.29, 0.717) is 0 Å². The van der Waals surface area contributed by atoms with Gasteiger partial charge in [-0.1, -0.05) is 66.4 Å². The predicted molar refractivity (Wildman–Crippen MR) is 126 cm³/mol. The van der Waals surface area contributed by atoms with Crippen LogP contribution in [0.15, 0.2) is 88.7 Å². The Labute approximate surface area is 199 Å². The molecule has 0 radical (unpaired) electrons. The van der Waals surface area contributed by atoms with Crippen molar-refractivity contribution >= 4 is 52.6 Å². The fourth-order valence-corrected chi connectivity index (χ4v) is 5.33. The number of benzene rings is 3. The molecule has 3 aromatic rings. The number of urea groups is 1. The third kappa shape index (κ3) is 3.92. The molecule has 33 heavy (non-hydrogen) atoms. The number of carbonyl (C=O) groups is 3. The molecule has 2 aliphatic heterocycles. The Kier molecular flexibility index (Phi) is 5.70. The monoisotopic (exact) mass is 478 g/mol. The number of alkyl halides is 1. The number of para-hydroxylation sites is 2. The van der Waals surface area contributed by atoms with Gasteiger partial charge in [0.2, 0.25) is 0 Å². The molecule has 3 aromatic carbocycles. The van der Waals surface area contributed by atoms with Crippen molar-refractivity contribution in [3.05, 3.63) is 84.4 Å². The van der Waals surface area contributed by atoms with Gasteiger partial charge in [0.1, 0.15) is 11.4 Å². The summed E-state index contributed by atoms with van der Waals surface area (Å²) in [6, 6.07) is 23.3. The van der Waals surface area contributed by atoms with Gasteiger partial charge in [0.05, 0.1) is 17.9 Å². The number of hydrazine groups is 1. The normalized spacial score (nSPS) is 18.6. The number of rotatable bonds is 4. The van der Waals surface area contributed by atoms with Gasteiger partial charge in [-0.3, -0.25) is 14.5 Å². The van der Waals surface area contributed by atoms with Crippen LogP contribution in [0.25, 0.3) is 0 Å². The largest absolute Gasteiger partial charge is 0.334 e. The molecular weight excluding hydrogens is 460 g/mol. The minimum atomic E-state index is -0.756. The van der Waals surface area contributed by atoms with E-state index in [4.69, 9.17) is 11.6 Å². The summed E-state index contributed by atoms with van der Waals surface area (Å²) in [7, 11) is 0. The first-order valence-electron chi connectivity index (χ1n) is 10.3. The lowest BCUT2D eigenvalue weighted by molar-refractivity contribution is -0.149. The van der Waals surface area contributed by atoms with Crippen LogP contribution >= 0.6 is 23.4 Å². The molecular formula is C24H19ClN4O3S. The van der Waals surface area contributed by atoms with Gasteiger partial charge in [0.15, 0.2) is 0 Å². The Balaban J connectivity index is 1.27. The molecule has 0 saturated carbocycles. The second-order valence-electron chi connectivity index (χ2n) is 7.53. The van der Waals surface area contributed by atoms with Crippen LogP contribution in [0.4, 0.5) is 16.2 Å². The summed E-state index contributed by atoms with van der Waals surface area (Å²) < 4.78 is 0. The topological polar surface area (TPSA) is 81.8 Å². The van der Waals surface area contributed by atoms with Crippen LogP contribution in [0, 0.1) is 0 Å². The molecule has 0 aromatic heterocycles. The molecule has 2 heterocycles. The second kappa shape index (κ2) is 8.80. The van der Waals surface area contributed by atoms with Crippen LogP contribution in [0.5, 0.6) is 0 Å². The van der Waals surface area contributed by atoms with Crippen molar-refractivity contribution in [3.63, 3.8) is 0 Å². The van der Waals surface area contributed by atoms with Gasteiger partial charge < -0.3 is 5.32 Å². The molecule has 166 valence electrons. The SMILES string of the molecule is O=C(NCC(=O)N1c2ccccc2Sc2ccccc21)NN1C(=O)C(Cl)C1c1ccccc1. The van der Waals surface area contributed by atoms with E-state index in [-0.39, 0.29) is 12.5 Å². The van der Waals surface area contributed by atoms with E-state index >= 15 is 0 Å². The van der Waals surface area contributed by atoms with Crippen molar-refractivity contribution in [2.75, 3.05) is 11.4 Å². The van der Waals surface area contributed by atoms with Crippen molar-refractivity contribution in [1.29, 1.82) is 0 Å². The van der Waals surface area contributed by atoms with Crippen molar-refractivity contribution in [3.8, 4) is 0 Å². The fourth-order valence-electron chi connectivity index (χ4n) is 3.90. The number of nitrogens with zero attached hydrogens (tertiary/aromatic N) is 2. The average Bonchev–Trinajstić information content (AvgIpc) is 2.85. The Morgan fingerprint density at radius 2 is 1.45 bits per heavy atom. The first-order valence-corrected chi connectivity index (χ1v) is 11.6. The Morgan fingerprint density at radius 3 is 2.09 bits per heavy atom. The van der Waals surface area contributed by atoms with Gasteiger partial charge in [-0.05, 0) is 29.8 Å². The maximum Gasteiger partial charge on any atom is 0.334 e. The molecule has 7 nitrogen and oxygen atoms in total. The minimum Gasteiger partial charge on any atom is -0.328 e. The molecule has 5 rings (SSSR count). The third-order valence-electron chi connectivity index (χ3n) is 5.47. The van der Waals surface area contributed by atoms with E-state index in [1.54, 1.807) is 16.7 Å². The number of hydrogen-bond acceptors (Lipinski definition) is 4. The average molecular weight is 479 g/mol. The van der Waals surface area contributed by atoms with Gasteiger partial charge in [-0.25, -0.2) is 15.2 Å². The van der Waals surface area contributed by atoms with E-state index < -0.39 is 23.4 Å². The zero-order valence-corrected chi connectivity index (χ0v) is 18.8. The van der Waals surface area contributed by atoms with Crippen molar-refractivity contribution in [2.45, 2.75) is 21.2 Å². The minimum absolute atomic E-state index is 0.249. The van der Waals surface area contributed by atoms with E-state index in [9.17, 15) is 14.4 Å². The molecule has 1 fully saturated rings. The van der Waals surface area contributed by atoms with Gasteiger partial charge in [0.25, 0.3) is 11.8 Å². The number of β-lactam (4-membered cyclic amide) rings is 1. The molecule has 0 aliphatic carbocycles. The Bertz CT molecular complexity index is 1190. The van der Waals surface area contributed by atoms with E-state index in [2.05, 4.69) is 10.7 Å². The Morgan fingerprint density at radius 1 is 0.879 bits per heavy atom. The summed E-state index contributed by atoms with van der Waals surface area (Å²) in [5.41, 5.74) is 4.86. The summed E-state index contributed by atoms with van der Waals surface area (Å²) in [5, 5.41) is 3.00. The van der Waals surface area contributed by atoms with Crippen molar-refractivity contribution < 1.29 is 14.4 Å². The number of nitrogens with one attached hydrogen (secondary N) is 2. The molecule has 0 bridgehead atoms. The third-order valence-corrected chi connectivity index (χ3v) is 7.03. The second-order valence-corrected chi connectivity index (χ2v) is 9.08. The number of halogens is 1. The van der Waals surface area contributed by atoms with Gasteiger partial charge in [-0.2, -0.15) is 0 Å². The molecule has 2 N–H and O–H groups in total. The lowest BCUT2D eigenvalue weighted by Crippen LogP contribution is -2.64. The smallest absolute Gasteiger partial charge is 0.328 e. The van der Waals surface area contributed by atoms with Crippen molar-refractivity contribution in [1.82, 2.24) is 15.8 Å². The lowest BCUT2D eigenvalue weighted by Gasteiger charge is -2.43. The van der Waals surface area contributed by atoms with Crippen LogP contribution in [-0.2, 0) is 9.59 Å². The molecule has 1 saturated heterocycles. The summed E-state index contributed by atoms with van der Waals surface area (Å²) in [4.78, 5) is 41.4. The van der Waals surface area contributed by atoms with E-state index in [1.165, 1.54) is 5.01 Å². The lowest BCUT2D eigenvalue weighted by atomic mass is 9.95. The number of amides is 4. The zero-order valence-electron chi connectivity index (χ0n) is 17.3. The zero-order chi connectivity index (χ0) is 22.9. The van der Waals surface area contributed by atoms with Gasteiger partial charge in [0, 0.05) is 9.79 Å². The highest BCUT2D eigenvalue weighted by Crippen LogP contribution is 2.47. The van der Waals surface area contributed by atoms with Crippen molar-refractivity contribution in [2.24, 2.45) is 0 Å². The number of hydrogen-bond donors (Lipinski definition) is 2. The number of anilines is 2. The first-order chi connectivity index (χ1) is 16.0. The highest BCUT2D eigenvalue weighted by atomic mass is 35.5. The number of fused-ring (bicyclic) bond motifs is 2. The molecule has 0 spiro atoms. The highest BCUT2D eigenvalue weighted by molar-refractivity contribution is 7.99. The highest BCUT2D eigenvalue weighted by Gasteiger charge is 2.48. The summed E-state index contributed by atoms with van der Waals surface area (Å²) in [6.07, 6.45) is 0. The first kappa shape index (κ1) is 21.4. The summed E-state index contributed by atoms with van der Waals surface area (Å²) in [5.74, 6) is -0.696. The molecule has 2 aliphatic rings. The molecule has 9 heteroatoms. The van der Waals surface area contributed by atoms with E-state index in [0.717, 1.165) is 26.7 Å². The van der Waals surface area contributed by atoms with Crippen LogP contribution < -0.4 is 15.6 Å². The quantitative estimate of drug-likeness (QED) is 0.434. The maximum atomic E-state index is 13.2.